The number of nitrogens with zero attached hydrogens (tertiary/aromatic N) is 3. The second kappa shape index (κ2) is 7.43. The highest BCUT2D eigenvalue weighted by Crippen LogP contribution is 2.18. The fourth-order valence-electron chi connectivity index (χ4n) is 1.69. The molecular formula is C15H17FN4O2. The molecule has 0 spiro atoms. The van der Waals surface area contributed by atoms with Crippen molar-refractivity contribution in [2.45, 2.75) is 6.61 Å². The lowest BCUT2D eigenvalue weighted by molar-refractivity contribution is 0.264. The molecule has 0 fully saturated rings. The second-order valence-corrected chi connectivity index (χ2v) is 4.87. The molecule has 0 bridgehead atoms. The normalized spacial score (nSPS) is 10.5. The third-order valence-electron chi connectivity index (χ3n) is 2.80. The van der Waals surface area contributed by atoms with Gasteiger partial charge < -0.3 is 19.4 Å². The van der Waals surface area contributed by atoms with E-state index in [4.69, 9.17) is 14.4 Å². The van der Waals surface area contributed by atoms with Crippen LogP contribution >= 0.6 is 0 Å². The maximum absolute atomic E-state index is 12.8. The van der Waals surface area contributed by atoms with Gasteiger partial charge >= 0.3 is 0 Å². The number of nitrogens with one attached hydrogen (secondary N) is 1. The molecule has 0 saturated carbocycles. The van der Waals surface area contributed by atoms with Crippen LogP contribution in [-0.2, 0) is 6.61 Å². The van der Waals surface area contributed by atoms with Crippen molar-refractivity contribution >= 4 is 5.88 Å². The number of hydrogen-bond acceptors (Lipinski definition) is 6. The molecule has 1 heterocycles. The summed E-state index contributed by atoms with van der Waals surface area (Å²) in [6, 6.07) is 7.61. The van der Waals surface area contributed by atoms with Gasteiger partial charge in [0.05, 0.1) is 0 Å². The predicted octanol–water partition coefficient (Wildman–Crippen LogP) is 2.24. The van der Waals surface area contributed by atoms with Crippen LogP contribution in [0, 0.1) is 17.1 Å². The molecule has 116 valence electrons. The molecule has 6 nitrogen and oxygen atoms in total. The maximum Gasteiger partial charge on any atom is 0.236 e. The van der Waals surface area contributed by atoms with Gasteiger partial charge in [0.1, 0.15) is 17.6 Å². The van der Waals surface area contributed by atoms with Gasteiger partial charge in [0.25, 0.3) is 0 Å². The summed E-state index contributed by atoms with van der Waals surface area (Å²) in [6.45, 7) is 1.50. The molecule has 0 atom stereocenters. The summed E-state index contributed by atoms with van der Waals surface area (Å²) in [5.74, 6) is 0.790. The Labute approximate surface area is 128 Å². The highest BCUT2D eigenvalue weighted by atomic mass is 19.1. The van der Waals surface area contributed by atoms with Crippen LogP contribution in [0.25, 0.3) is 0 Å². The van der Waals surface area contributed by atoms with Crippen LogP contribution in [0.3, 0.4) is 0 Å². The average Bonchev–Trinajstić information content (AvgIpc) is 2.89. The SMILES string of the molecule is CN(C)CCNc1oc(COc2ccc(F)cc2)nc1C#N. The van der Waals surface area contributed by atoms with Crippen LogP contribution in [0.15, 0.2) is 28.7 Å². The second-order valence-electron chi connectivity index (χ2n) is 4.87. The van der Waals surface area contributed by atoms with Crippen molar-refractivity contribution in [2.24, 2.45) is 0 Å². The molecule has 0 unspecified atom stereocenters. The van der Waals surface area contributed by atoms with Gasteiger partial charge in [0.2, 0.25) is 17.5 Å². The Morgan fingerprint density at radius 2 is 2.09 bits per heavy atom. The van der Waals surface area contributed by atoms with E-state index < -0.39 is 0 Å². The Morgan fingerprint density at radius 1 is 1.36 bits per heavy atom. The molecule has 1 N–H and O–H groups in total. The monoisotopic (exact) mass is 304 g/mol. The first-order chi connectivity index (χ1) is 10.6. The fourth-order valence-corrected chi connectivity index (χ4v) is 1.69. The minimum Gasteiger partial charge on any atom is -0.484 e. The number of anilines is 1. The molecule has 0 aliphatic heterocycles. The quantitative estimate of drug-likeness (QED) is 0.845. The fraction of sp³-hybridized carbons (Fsp3) is 0.333. The molecule has 1 aromatic carbocycles. The van der Waals surface area contributed by atoms with Crippen molar-refractivity contribution in [2.75, 3.05) is 32.5 Å². The average molecular weight is 304 g/mol. The van der Waals surface area contributed by atoms with Gasteiger partial charge in [-0.1, -0.05) is 0 Å². The standard InChI is InChI=1S/C15H17FN4O2/c1-20(2)8-7-18-15-13(9-17)19-14(22-15)10-21-12-5-3-11(16)4-6-12/h3-6,18H,7-8,10H2,1-2H3. The number of likely N-dealkylation sites (N-methyl/N-ethyl adjacent to an activating group) is 1. The first-order valence-corrected chi connectivity index (χ1v) is 6.75. The van der Waals surface area contributed by atoms with E-state index >= 15 is 0 Å². The molecule has 0 amide bonds. The van der Waals surface area contributed by atoms with E-state index in [2.05, 4.69) is 10.3 Å². The zero-order chi connectivity index (χ0) is 15.9. The van der Waals surface area contributed by atoms with Crippen LogP contribution in [-0.4, -0.2) is 37.1 Å². The summed E-state index contributed by atoms with van der Waals surface area (Å²) in [7, 11) is 3.91. The topological polar surface area (TPSA) is 74.3 Å². The van der Waals surface area contributed by atoms with Gasteiger partial charge in [-0.05, 0) is 38.4 Å². The summed E-state index contributed by atoms with van der Waals surface area (Å²) in [6.07, 6.45) is 0. The summed E-state index contributed by atoms with van der Waals surface area (Å²) in [5, 5.41) is 12.1. The van der Waals surface area contributed by atoms with Crippen LogP contribution in [0.1, 0.15) is 11.6 Å². The molecule has 2 aromatic rings. The largest absolute Gasteiger partial charge is 0.484 e. The Bertz CT molecular complexity index is 647. The van der Waals surface area contributed by atoms with Crippen LogP contribution in [0.4, 0.5) is 10.3 Å². The molecule has 0 radical (unpaired) electrons. The highest BCUT2D eigenvalue weighted by Gasteiger charge is 2.13. The van der Waals surface area contributed by atoms with E-state index in [-0.39, 0.29) is 24.0 Å². The lowest BCUT2D eigenvalue weighted by Crippen LogP contribution is -2.20. The Hall–Kier alpha value is -2.59. The molecule has 1 aromatic heterocycles. The Kier molecular flexibility index (Phi) is 5.33. The van der Waals surface area contributed by atoms with Crippen molar-refractivity contribution in [3.8, 4) is 11.8 Å². The molecule has 2 rings (SSSR count). The van der Waals surface area contributed by atoms with E-state index in [1.165, 1.54) is 24.3 Å². The Balaban J connectivity index is 1.95. The maximum atomic E-state index is 12.8. The number of oxazole rings is 1. The number of halogens is 1. The first-order valence-electron chi connectivity index (χ1n) is 6.75. The predicted molar refractivity (Wildman–Crippen MR) is 79.0 cm³/mol. The van der Waals surface area contributed by atoms with Gasteiger partial charge in [-0.15, -0.1) is 0 Å². The van der Waals surface area contributed by atoms with Crippen molar-refractivity contribution in [1.82, 2.24) is 9.88 Å². The van der Waals surface area contributed by atoms with Crippen LogP contribution in [0.2, 0.25) is 0 Å². The summed E-state index contributed by atoms with van der Waals surface area (Å²) >= 11 is 0. The smallest absolute Gasteiger partial charge is 0.236 e. The number of hydrogen-bond donors (Lipinski definition) is 1. The van der Waals surface area contributed by atoms with E-state index in [1.54, 1.807) is 0 Å². The zero-order valence-electron chi connectivity index (χ0n) is 12.5. The third-order valence-corrected chi connectivity index (χ3v) is 2.80. The highest BCUT2D eigenvalue weighted by molar-refractivity contribution is 5.45. The zero-order valence-corrected chi connectivity index (χ0v) is 12.5. The number of ether oxygens (including phenoxy) is 1. The van der Waals surface area contributed by atoms with E-state index in [0.717, 1.165) is 6.54 Å². The summed E-state index contributed by atoms with van der Waals surface area (Å²) in [5.41, 5.74) is 0.191. The minimum absolute atomic E-state index is 0.0652. The van der Waals surface area contributed by atoms with E-state index in [9.17, 15) is 4.39 Å². The van der Waals surface area contributed by atoms with E-state index in [1.807, 2.05) is 25.1 Å². The summed E-state index contributed by atoms with van der Waals surface area (Å²) < 4.78 is 23.7. The van der Waals surface area contributed by atoms with Crippen LogP contribution in [0.5, 0.6) is 5.75 Å². The van der Waals surface area contributed by atoms with Gasteiger partial charge in [-0.2, -0.15) is 10.2 Å². The number of aromatic nitrogens is 1. The molecular weight excluding hydrogens is 287 g/mol. The molecule has 22 heavy (non-hydrogen) atoms. The Morgan fingerprint density at radius 3 is 2.73 bits per heavy atom. The lowest BCUT2D eigenvalue weighted by Gasteiger charge is -2.09. The third kappa shape index (κ3) is 4.46. The van der Waals surface area contributed by atoms with E-state index in [0.29, 0.717) is 18.2 Å². The van der Waals surface area contributed by atoms with Crippen molar-refractivity contribution in [1.29, 1.82) is 5.26 Å². The van der Waals surface area contributed by atoms with Crippen molar-refractivity contribution in [3.63, 3.8) is 0 Å². The van der Waals surface area contributed by atoms with Gasteiger partial charge in [0, 0.05) is 13.1 Å². The molecule has 0 saturated heterocycles. The molecule has 7 heteroatoms. The van der Waals surface area contributed by atoms with Gasteiger partial charge in [0.15, 0.2) is 6.61 Å². The molecule has 0 aliphatic rings. The first kappa shape index (κ1) is 15.8. The van der Waals surface area contributed by atoms with Gasteiger partial charge in [-0.3, -0.25) is 0 Å². The number of nitriles is 1. The van der Waals surface area contributed by atoms with Crippen LogP contribution < -0.4 is 10.1 Å². The minimum atomic E-state index is -0.331. The van der Waals surface area contributed by atoms with Crippen molar-refractivity contribution in [3.05, 3.63) is 41.7 Å². The molecule has 0 aliphatic carbocycles. The summed E-state index contributed by atoms with van der Waals surface area (Å²) in [4.78, 5) is 6.06. The van der Waals surface area contributed by atoms with Crippen molar-refractivity contribution < 1.29 is 13.5 Å². The van der Waals surface area contributed by atoms with Gasteiger partial charge in [-0.25, -0.2) is 4.39 Å². The lowest BCUT2D eigenvalue weighted by atomic mass is 10.3. The number of rotatable bonds is 7. The number of benzene rings is 1.